The van der Waals surface area contributed by atoms with Crippen LogP contribution < -0.4 is 0 Å². The smallest absolute Gasteiger partial charge is 0.0767 e. The monoisotopic (exact) mass is 264 g/mol. The second-order valence-electron chi connectivity index (χ2n) is 1.99. The molecule has 0 fully saturated rings. The number of hydrogen-bond donors (Lipinski definition) is 0. The van der Waals surface area contributed by atoms with Crippen molar-refractivity contribution in [3.63, 3.8) is 0 Å². The fourth-order valence-electron chi connectivity index (χ4n) is 0.442. The van der Waals surface area contributed by atoms with Gasteiger partial charge in [-0.15, -0.1) is 0 Å². The third-order valence-corrected chi connectivity index (χ3v) is 1.37. The van der Waals surface area contributed by atoms with Gasteiger partial charge in [-0.2, -0.15) is 0 Å². The summed E-state index contributed by atoms with van der Waals surface area (Å²) in [6.45, 7) is 6.66. The number of allylic oxidation sites excluding steroid dienone is 2. The van der Waals surface area contributed by atoms with E-state index < -0.39 is 0 Å². The van der Waals surface area contributed by atoms with Crippen molar-refractivity contribution in [1.82, 2.24) is 0 Å². The Bertz CT molecular complexity index is 679. The fourth-order valence-corrected chi connectivity index (χ4v) is 0.655. The van der Waals surface area contributed by atoms with Crippen LogP contribution in [-0.4, -0.2) is 0 Å². The molecule has 0 bridgehead atoms. The van der Waals surface area contributed by atoms with E-state index in [0.29, 0.717) is 4.48 Å². The van der Waals surface area contributed by atoms with Crippen LogP contribution in [0.3, 0.4) is 0 Å². The van der Waals surface area contributed by atoms with Crippen molar-refractivity contribution in [3.8, 4) is 0 Å². The topological polar surface area (TPSA) is 0 Å². The first-order valence-corrected chi connectivity index (χ1v) is 4.77. The molecule has 1 heteroatoms. The van der Waals surface area contributed by atoms with Gasteiger partial charge in [0.15, 0.2) is 0 Å². The van der Waals surface area contributed by atoms with Crippen LogP contribution in [0.25, 0.3) is 0 Å². The molecule has 16 heavy (non-hydrogen) atoms. The van der Waals surface area contributed by atoms with Crippen LogP contribution in [0, 0.1) is 0 Å². The highest BCUT2D eigenvalue weighted by Crippen LogP contribution is 2.01. The third kappa shape index (κ3) is 9.63. The molecule has 0 nitrogen and oxygen atoms in total. The summed E-state index contributed by atoms with van der Waals surface area (Å²) >= 11 is 3.20. The Morgan fingerprint density at radius 2 is 1.38 bits per heavy atom. The lowest BCUT2D eigenvalue weighted by Crippen LogP contribution is -1.48. The number of halogens is 1. The summed E-state index contributed by atoms with van der Waals surface area (Å²) in [4.78, 5) is 0. The maximum Gasteiger partial charge on any atom is 0.0767 e. The second kappa shape index (κ2) is 10.6. The van der Waals surface area contributed by atoms with Crippen LogP contribution in [0.5, 0.6) is 0 Å². The molecule has 0 N–H and O–H groups in total. The average Bonchev–Trinajstić information content (AvgIpc) is 2.30. The van der Waals surface area contributed by atoms with Crippen molar-refractivity contribution in [2.45, 2.75) is 0 Å². The largest absolute Gasteiger partial charge is 0.0781 e. The molecule has 72 valence electrons. The van der Waals surface area contributed by atoms with Crippen LogP contribution in [0.1, 0.15) is 0 Å². The highest BCUT2D eigenvalue weighted by atomic mass is 79.9. The van der Waals surface area contributed by atoms with Crippen molar-refractivity contribution >= 4 is 15.9 Å². The Kier molecular flexibility index (Phi) is 8.99. The maximum atomic E-state index is 3.36. The minimum Gasteiger partial charge on any atom is -0.0781 e. The highest BCUT2D eigenvalue weighted by Gasteiger charge is 1.73. The predicted octanol–water partition coefficient (Wildman–Crippen LogP) is 3.79. The van der Waals surface area contributed by atoms with E-state index in [9.17, 15) is 0 Å². The first-order chi connectivity index (χ1) is 7.81. The Labute approximate surface area is 103 Å². The van der Waals surface area contributed by atoms with E-state index in [1.165, 1.54) is 0 Å². The van der Waals surface area contributed by atoms with Gasteiger partial charge in [-0.05, 0) is 74.9 Å². The molecule has 0 heterocycles. The molecule has 0 aromatic rings. The molecule has 0 atom stereocenters. The molecule has 0 rings (SSSR count). The molecule has 0 aromatic carbocycles. The number of rotatable bonds is 1. The second-order valence-corrected chi connectivity index (χ2v) is 2.84. The van der Waals surface area contributed by atoms with Crippen molar-refractivity contribution in [3.05, 3.63) is 86.8 Å². The van der Waals surface area contributed by atoms with Gasteiger partial charge in [0.05, 0.1) is 4.48 Å². The highest BCUT2D eigenvalue weighted by molar-refractivity contribution is 9.11. The summed E-state index contributed by atoms with van der Waals surface area (Å²) in [5, 5.41) is 0. The Morgan fingerprint density at radius 1 is 0.812 bits per heavy atom. The summed E-state index contributed by atoms with van der Waals surface area (Å²) < 4.78 is 0.645. The standard InChI is InChI=1S/C15H5Br/c1-3-5-7-8-9-10-11-12-14-15(16)13-6-4-2/h13H,1-2H2. The van der Waals surface area contributed by atoms with E-state index >= 15 is 0 Å². The molecule has 0 aliphatic heterocycles. The van der Waals surface area contributed by atoms with E-state index in [2.05, 4.69) is 92.1 Å². The average molecular weight is 265 g/mol. The molecule has 0 unspecified atom stereocenters. The summed E-state index contributed by atoms with van der Waals surface area (Å²) in [5.74, 6) is 0. The van der Waals surface area contributed by atoms with Crippen molar-refractivity contribution in [2.75, 3.05) is 0 Å². The molecule has 0 aliphatic rings. The summed E-state index contributed by atoms with van der Waals surface area (Å²) in [7, 11) is 0. The minimum atomic E-state index is 0.645. The normalized spacial score (nSPS) is 4.81. The van der Waals surface area contributed by atoms with Gasteiger partial charge in [0.1, 0.15) is 0 Å². The molecule has 0 aliphatic carbocycles. The van der Waals surface area contributed by atoms with Gasteiger partial charge < -0.3 is 0 Å². The predicted molar refractivity (Wildman–Crippen MR) is 66.9 cm³/mol. The maximum absolute atomic E-state index is 3.36. The Morgan fingerprint density at radius 3 is 1.94 bits per heavy atom. The fraction of sp³-hybridized carbons (Fsp3) is 0. The van der Waals surface area contributed by atoms with Gasteiger partial charge in [-0.3, -0.25) is 0 Å². The molecule has 0 spiro atoms. The van der Waals surface area contributed by atoms with Crippen LogP contribution in [0.2, 0.25) is 0 Å². The van der Waals surface area contributed by atoms with E-state index in [0.717, 1.165) is 0 Å². The van der Waals surface area contributed by atoms with Gasteiger partial charge in [0.25, 0.3) is 0 Å². The first kappa shape index (κ1) is 13.5. The van der Waals surface area contributed by atoms with Gasteiger partial charge in [-0.25, -0.2) is 0 Å². The molecule has 0 aromatic heterocycles. The van der Waals surface area contributed by atoms with Crippen molar-refractivity contribution in [1.29, 1.82) is 0 Å². The van der Waals surface area contributed by atoms with Crippen LogP contribution >= 0.6 is 15.9 Å². The van der Waals surface area contributed by atoms with Gasteiger partial charge in [0.2, 0.25) is 0 Å². The van der Waals surface area contributed by atoms with Crippen LogP contribution in [0.15, 0.2) is 86.8 Å². The molecule has 0 saturated heterocycles. The zero-order chi connectivity index (χ0) is 12.1. The lowest BCUT2D eigenvalue weighted by Gasteiger charge is -1.69. The molecule has 0 radical (unpaired) electrons. The first-order valence-electron chi connectivity index (χ1n) is 3.97. The third-order valence-electron chi connectivity index (χ3n) is 0.946. The Balaban J connectivity index is 5.53. The van der Waals surface area contributed by atoms with Gasteiger partial charge >= 0.3 is 0 Å². The molecule has 0 saturated carbocycles. The minimum absolute atomic E-state index is 0.645. The Hall–Kier alpha value is -2.46. The quantitative estimate of drug-likeness (QED) is 0.500. The van der Waals surface area contributed by atoms with Crippen molar-refractivity contribution < 1.29 is 0 Å². The van der Waals surface area contributed by atoms with Gasteiger partial charge in [-0.1, -0.05) is 17.2 Å². The summed E-state index contributed by atoms with van der Waals surface area (Å²) in [5.41, 5.74) is 27.8. The van der Waals surface area contributed by atoms with Crippen molar-refractivity contribution in [2.24, 2.45) is 0 Å². The van der Waals surface area contributed by atoms with E-state index in [-0.39, 0.29) is 0 Å². The molecular formula is C15H5Br. The summed E-state index contributed by atoms with van der Waals surface area (Å²) in [6, 6.07) is 0. The van der Waals surface area contributed by atoms with E-state index in [1.807, 2.05) is 0 Å². The van der Waals surface area contributed by atoms with Crippen LogP contribution in [-0.2, 0) is 0 Å². The lowest BCUT2D eigenvalue weighted by molar-refractivity contribution is 1.98. The SMILES string of the molecule is C=C=C=C=C=C=C=C=C=C=C(Br)C=C=C=C. The zero-order valence-corrected chi connectivity index (χ0v) is 9.96. The summed E-state index contributed by atoms with van der Waals surface area (Å²) in [6.07, 6.45) is 1.60. The van der Waals surface area contributed by atoms with Crippen LogP contribution in [0.4, 0.5) is 0 Å². The molecule has 0 amide bonds. The zero-order valence-electron chi connectivity index (χ0n) is 8.37. The lowest BCUT2D eigenvalue weighted by atomic mass is 10.5. The molecular weight excluding hydrogens is 260 g/mol. The van der Waals surface area contributed by atoms with E-state index in [4.69, 9.17) is 0 Å². The van der Waals surface area contributed by atoms with Gasteiger partial charge in [0, 0.05) is 6.08 Å². The van der Waals surface area contributed by atoms with E-state index in [1.54, 1.807) is 6.08 Å². The number of hydrogen-bond acceptors (Lipinski definition) is 0.